The second kappa shape index (κ2) is 58.8. The van der Waals surface area contributed by atoms with E-state index >= 15 is 0 Å². The Kier molecular flexibility index (Phi) is 57.5. The molecule has 8 nitrogen and oxygen atoms in total. The van der Waals surface area contributed by atoms with Crippen LogP contribution in [0.1, 0.15) is 316 Å². The molecule has 0 aromatic heterocycles. The summed E-state index contributed by atoms with van der Waals surface area (Å²) in [4.78, 5) is 23.4. The number of aliphatic hydroxyl groups is 1. The molecule has 77 heavy (non-hydrogen) atoms. The van der Waals surface area contributed by atoms with Crippen molar-refractivity contribution in [3.8, 4) is 0 Å². The Labute approximate surface area is 479 Å². The summed E-state index contributed by atoms with van der Waals surface area (Å²) in [6.45, 7) is 4.80. The fourth-order valence-corrected chi connectivity index (χ4v) is 10.6. The highest BCUT2D eigenvalue weighted by atomic mass is 31.2. The lowest BCUT2D eigenvalue weighted by Crippen LogP contribution is -2.46. The number of hydrogen-bond donors (Lipinski definition) is 3. The number of phosphoric ester groups is 1. The largest absolute Gasteiger partial charge is 0.472 e. The van der Waals surface area contributed by atoms with E-state index in [1.165, 1.54) is 218 Å². The van der Waals surface area contributed by atoms with E-state index in [9.17, 15) is 19.4 Å². The lowest BCUT2D eigenvalue weighted by molar-refractivity contribution is -0.870. The molecule has 0 aliphatic heterocycles. The predicted octanol–water partition coefficient (Wildman–Crippen LogP) is 20.8. The van der Waals surface area contributed by atoms with Gasteiger partial charge >= 0.3 is 7.82 Å². The molecule has 3 atom stereocenters. The molecule has 0 saturated heterocycles. The van der Waals surface area contributed by atoms with Crippen molar-refractivity contribution >= 4 is 13.7 Å². The SMILES string of the molecule is CC/C=C\C/C=C\C/C=C\C/C=C\C/C=C\CCCCCCCCCCCCCCCCCCCCCCCCCCCC(=O)NC(COP(=O)(O)OCC[N+](C)(C)C)C(O)CCCCCCCCCCCCCCCC. The zero-order valence-corrected chi connectivity index (χ0v) is 52.6. The van der Waals surface area contributed by atoms with E-state index in [1.54, 1.807) is 0 Å². The monoisotopic (exact) mass is 1100 g/mol. The molecule has 0 fully saturated rings. The number of quaternary nitrogens is 1. The van der Waals surface area contributed by atoms with Crippen molar-refractivity contribution < 1.29 is 32.9 Å². The first kappa shape index (κ1) is 75.2. The quantitative estimate of drug-likeness (QED) is 0.0243. The van der Waals surface area contributed by atoms with Gasteiger partial charge in [0, 0.05) is 6.42 Å². The van der Waals surface area contributed by atoms with E-state index in [4.69, 9.17) is 9.05 Å². The molecular weight excluding hydrogens is 972 g/mol. The highest BCUT2D eigenvalue weighted by Gasteiger charge is 2.28. The standard InChI is InChI=1S/C68H129N2O6P/c1-6-8-10-12-14-16-18-20-22-23-24-25-26-27-28-29-30-31-32-33-34-35-36-37-38-39-40-41-42-43-44-45-46-47-48-50-52-54-56-58-60-62-68(72)69-66(65-76-77(73,74)75-64-63-70(3,4)5)67(71)61-59-57-55-53-51-49-21-19-17-15-13-11-9-7-2/h8,10,14,16,20,22,24-25,27-28,66-67,71H,6-7,9,11-13,15,17-19,21,23,26,29-65H2,1-5H3,(H-,69,72,73,74)/p+1/b10-8-,16-14-,22-20-,25-24-,28-27-. The number of likely N-dealkylation sites (N-methyl/N-ethyl adjacent to an activating group) is 1. The fraction of sp³-hybridized carbons (Fsp3) is 0.838. The molecule has 0 bridgehead atoms. The summed E-state index contributed by atoms with van der Waals surface area (Å²) in [6.07, 6.45) is 80.4. The lowest BCUT2D eigenvalue weighted by atomic mass is 10.0. The van der Waals surface area contributed by atoms with Crippen molar-refractivity contribution in [2.24, 2.45) is 0 Å². The summed E-state index contributed by atoms with van der Waals surface area (Å²) in [6, 6.07) is -0.759. The Balaban J connectivity index is 3.85. The van der Waals surface area contributed by atoms with Gasteiger partial charge in [-0.15, -0.1) is 0 Å². The minimum absolute atomic E-state index is 0.0762. The van der Waals surface area contributed by atoms with Crippen molar-refractivity contribution in [1.29, 1.82) is 0 Å². The molecule has 0 aliphatic carbocycles. The molecule has 1 amide bonds. The number of carbonyl (C=O) groups excluding carboxylic acids is 1. The number of phosphoric acid groups is 1. The Hall–Kier alpha value is -1.80. The van der Waals surface area contributed by atoms with Gasteiger partial charge in [0.2, 0.25) is 5.91 Å². The number of aliphatic hydroxyl groups excluding tert-OH is 1. The van der Waals surface area contributed by atoms with Gasteiger partial charge in [-0.1, -0.05) is 312 Å². The van der Waals surface area contributed by atoms with Crippen LogP contribution in [0.3, 0.4) is 0 Å². The van der Waals surface area contributed by atoms with Gasteiger partial charge in [-0.05, 0) is 57.8 Å². The van der Waals surface area contributed by atoms with Crippen molar-refractivity contribution in [1.82, 2.24) is 5.32 Å². The molecule has 0 aromatic carbocycles. The average molecular weight is 1100 g/mol. The van der Waals surface area contributed by atoms with Gasteiger partial charge in [0.05, 0.1) is 39.9 Å². The van der Waals surface area contributed by atoms with Crippen LogP contribution in [0.15, 0.2) is 60.8 Å². The topological polar surface area (TPSA) is 105 Å². The van der Waals surface area contributed by atoms with Gasteiger partial charge < -0.3 is 19.8 Å². The predicted molar refractivity (Wildman–Crippen MR) is 337 cm³/mol. The first-order valence-corrected chi connectivity index (χ1v) is 34.6. The van der Waals surface area contributed by atoms with Gasteiger partial charge in [0.25, 0.3) is 0 Å². The second-order valence-electron chi connectivity index (χ2n) is 23.8. The lowest BCUT2D eigenvalue weighted by Gasteiger charge is -2.26. The molecule has 0 aliphatic rings. The van der Waals surface area contributed by atoms with Gasteiger partial charge in [-0.25, -0.2) is 4.57 Å². The van der Waals surface area contributed by atoms with Gasteiger partial charge in [-0.2, -0.15) is 0 Å². The van der Waals surface area contributed by atoms with E-state index in [0.717, 1.165) is 70.6 Å². The van der Waals surface area contributed by atoms with Gasteiger partial charge in [0.1, 0.15) is 13.2 Å². The normalized spacial score (nSPS) is 14.1. The first-order chi connectivity index (χ1) is 37.5. The van der Waals surface area contributed by atoms with E-state index in [2.05, 4.69) is 79.9 Å². The third kappa shape index (κ3) is 61.7. The van der Waals surface area contributed by atoms with Crippen LogP contribution in [0.2, 0.25) is 0 Å². The summed E-state index contributed by atoms with van der Waals surface area (Å²) in [5.74, 6) is -0.139. The number of nitrogens with zero attached hydrogens (tertiary/aromatic N) is 1. The highest BCUT2D eigenvalue weighted by molar-refractivity contribution is 7.47. The van der Waals surface area contributed by atoms with E-state index in [0.29, 0.717) is 23.9 Å². The molecule has 0 aromatic rings. The molecule has 3 N–H and O–H groups in total. The maximum absolute atomic E-state index is 13.0. The number of unbranched alkanes of at least 4 members (excludes halogenated alkanes) is 38. The molecule has 452 valence electrons. The Morgan fingerprint density at radius 2 is 0.779 bits per heavy atom. The molecular formula is C68H130N2O6P+. The summed E-state index contributed by atoms with van der Waals surface area (Å²) in [7, 11) is 1.63. The summed E-state index contributed by atoms with van der Waals surface area (Å²) >= 11 is 0. The van der Waals surface area contributed by atoms with Gasteiger partial charge in [-0.3, -0.25) is 13.8 Å². The van der Waals surface area contributed by atoms with E-state index in [-0.39, 0.29) is 19.1 Å². The number of hydrogen-bond acceptors (Lipinski definition) is 5. The molecule has 0 saturated carbocycles. The van der Waals surface area contributed by atoms with Crippen LogP contribution in [0.5, 0.6) is 0 Å². The van der Waals surface area contributed by atoms with Crippen LogP contribution < -0.4 is 5.32 Å². The minimum Gasteiger partial charge on any atom is -0.391 e. The molecule has 0 spiro atoms. The number of allylic oxidation sites excluding steroid dienone is 10. The number of rotatable bonds is 61. The van der Waals surface area contributed by atoms with E-state index < -0.39 is 20.0 Å². The van der Waals surface area contributed by atoms with Crippen LogP contribution in [-0.4, -0.2) is 73.4 Å². The number of carbonyl (C=O) groups is 1. The summed E-state index contributed by atoms with van der Waals surface area (Å²) in [5.41, 5.74) is 0. The average Bonchev–Trinajstić information content (AvgIpc) is 3.39. The minimum atomic E-state index is -4.32. The Morgan fingerprint density at radius 3 is 1.14 bits per heavy atom. The van der Waals surface area contributed by atoms with Gasteiger partial charge in [0.15, 0.2) is 0 Å². The summed E-state index contributed by atoms with van der Waals surface area (Å²) < 4.78 is 23.8. The number of amides is 1. The smallest absolute Gasteiger partial charge is 0.391 e. The molecule has 0 heterocycles. The summed E-state index contributed by atoms with van der Waals surface area (Å²) in [5, 5.41) is 14.1. The van der Waals surface area contributed by atoms with Crippen molar-refractivity contribution in [3.63, 3.8) is 0 Å². The first-order valence-electron chi connectivity index (χ1n) is 33.2. The van der Waals surface area contributed by atoms with Crippen molar-refractivity contribution in [3.05, 3.63) is 60.8 Å². The molecule has 3 unspecified atom stereocenters. The molecule has 0 radical (unpaired) electrons. The van der Waals surface area contributed by atoms with Crippen molar-refractivity contribution in [2.45, 2.75) is 328 Å². The van der Waals surface area contributed by atoms with E-state index in [1.807, 2.05) is 21.1 Å². The van der Waals surface area contributed by atoms with Crippen LogP contribution in [0.4, 0.5) is 0 Å². The Morgan fingerprint density at radius 1 is 0.455 bits per heavy atom. The van der Waals surface area contributed by atoms with Crippen LogP contribution in [0.25, 0.3) is 0 Å². The Bertz CT molecular complexity index is 1440. The third-order valence-corrected chi connectivity index (χ3v) is 16.0. The van der Waals surface area contributed by atoms with Crippen molar-refractivity contribution in [2.75, 3.05) is 40.9 Å². The van der Waals surface area contributed by atoms with Crippen LogP contribution >= 0.6 is 7.82 Å². The zero-order chi connectivity index (χ0) is 56.3. The zero-order valence-electron chi connectivity index (χ0n) is 51.7. The second-order valence-corrected chi connectivity index (χ2v) is 25.3. The maximum Gasteiger partial charge on any atom is 0.472 e. The highest BCUT2D eigenvalue weighted by Crippen LogP contribution is 2.43. The van der Waals surface area contributed by atoms with Crippen LogP contribution in [0, 0.1) is 0 Å². The molecule has 0 rings (SSSR count). The van der Waals surface area contributed by atoms with Crippen LogP contribution in [-0.2, 0) is 18.4 Å². The number of nitrogens with one attached hydrogen (secondary N) is 1. The molecule has 9 heteroatoms. The maximum atomic E-state index is 13.0. The third-order valence-electron chi connectivity index (χ3n) is 15.0. The fourth-order valence-electron chi connectivity index (χ4n) is 9.90.